The Bertz CT molecular complexity index is 569. The van der Waals surface area contributed by atoms with Crippen molar-refractivity contribution < 1.29 is 4.79 Å². The predicted octanol–water partition coefficient (Wildman–Crippen LogP) is 2.53. The van der Waals surface area contributed by atoms with E-state index in [9.17, 15) is 4.79 Å². The minimum Gasteiger partial charge on any atom is -0.382 e. The number of carbonyl (C=O) groups is 1. The predicted molar refractivity (Wildman–Crippen MR) is 75.2 cm³/mol. The van der Waals surface area contributed by atoms with E-state index in [0.29, 0.717) is 13.0 Å². The number of carbonyl (C=O) groups excluding carboxylic acids is 1. The van der Waals surface area contributed by atoms with Crippen molar-refractivity contribution in [3.8, 4) is 0 Å². The molecule has 5 nitrogen and oxygen atoms in total. The van der Waals surface area contributed by atoms with Gasteiger partial charge in [-0.25, -0.2) is 4.98 Å². The molecule has 0 aliphatic heterocycles. The van der Waals surface area contributed by atoms with Crippen LogP contribution in [0.5, 0.6) is 0 Å². The summed E-state index contributed by atoms with van der Waals surface area (Å²) < 4.78 is 0. The number of hydrogen-bond donors (Lipinski definition) is 1. The van der Waals surface area contributed by atoms with E-state index in [1.165, 1.54) is 4.90 Å². The highest BCUT2D eigenvalue weighted by Crippen LogP contribution is 2.30. The normalized spacial score (nSPS) is 10.2. The first-order chi connectivity index (χ1) is 9.11. The van der Waals surface area contributed by atoms with Crippen molar-refractivity contribution in [2.75, 3.05) is 10.6 Å². The molecule has 0 unspecified atom stereocenters. The van der Waals surface area contributed by atoms with Crippen LogP contribution in [0.2, 0.25) is 10.4 Å². The third-order valence-electron chi connectivity index (χ3n) is 2.45. The lowest BCUT2D eigenvalue weighted by molar-refractivity contribution is -0.107. The van der Waals surface area contributed by atoms with Crippen LogP contribution in [0.3, 0.4) is 0 Å². The van der Waals surface area contributed by atoms with Crippen molar-refractivity contribution in [1.82, 2.24) is 9.97 Å². The Morgan fingerprint density at radius 3 is 2.47 bits per heavy atom. The fraction of sp³-hybridized carbons (Fsp3) is 0.0833. The lowest BCUT2D eigenvalue weighted by Crippen LogP contribution is -2.22. The summed E-state index contributed by atoms with van der Waals surface area (Å²) in [5, 5.41) is -0.0164. The fourth-order valence-electron chi connectivity index (χ4n) is 1.63. The van der Waals surface area contributed by atoms with Crippen LogP contribution in [0.15, 0.2) is 30.3 Å². The summed E-state index contributed by atoms with van der Waals surface area (Å²) in [6, 6.07) is 9.42. The zero-order valence-electron chi connectivity index (χ0n) is 9.75. The summed E-state index contributed by atoms with van der Waals surface area (Å²) in [5.74, 6) is 0.0630. The minimum absolute atomic E-state index is 0.0422. The van der Waals surface area contributed by atoms with Crippen molar-refractivity contribution in [3.05, 3.63) is 46.3 Å². The summed E-state index contributed by atoms with van der Waals surface area (Å²) in [7, 11) is 0. The average Bonchev–Trinajstić information content (AvgIpc) is 2.37. The van der Waals surface area contributed by atoms with Crippen LogP contribution in [-0.4, -0.2) is 16.4 Å². The van der Waals surface area contributed by atoms with Gasteiger partial charge in [-0.05, 0) is 17.2 Å². The third kappa shape index (κ3) is 3.13. The molecule has 1 aromatic heterocycles. The smallest absolute Gasteiger partial charge is 0.225 e. The zero-order chi connectivity index (χ0) is 13.8. The highest BCUT2D eigenvalue weighted by atomic mass is 35.5. The lowest BCUT2D eigenvalue weighted by Gasteiger charge is -2.19. The zero-order valence-corrected chi connectivity index (χ0v) is 11.3. The van der Waals surface area contributed by atoms with Crippen LogP contribution in [0.1, 0.15) is 5.56 Å². The van der Waals surface area contributed by atoms with Crippen LogP contribution in [0.4, 0.5) is 11.5 Å². The summed E-state index contributed by atoms with van der Waals surface area (Å²) in [6.07, 6.45) is 0.627. The number of amides is 1. The van der Waals surface area contributed by atoms with E-state index < -0.39 is 0 Å². The van der Waals surface area contributed by atoms with Gasteiger partial charge in [0.25, 0.3) is 0 Å². The number of nitrogens with two attached hydrogens (primary N) is 1. The Morgan fingerprint density at radius 2 is 1.89 bits per heavy atom. The van der Waals surface area contributed by atoms with Gasteiger partial charge >= 0.3 is 0 Å². The van der Waals surface area contributed by atoms with Gasteiger partial charge in [0, 0.05) is 0 Å². The number of anilines is 2. The van der Waals surface area contributed by atoms with Crippen LogP contribution in [-0.2, 0) is 11.3 Å². The first-order valence-electron chi connectivity index (χ1n) is 5.36. The number of nitrogen functional groups attached to an aromatic ring is 1. The van der Waals surface area contributed by atoms with Gasteiger partial charge in [-0.3, -0.25) is 4.79 Å². The maximum Gasteiger partial charge on any atom is 0.225 e. The molecular weight excluding hydrogens is 287 g/mol. The van der Waals surface area contributed by atoms with Gasteiger partial charge in [0.2, 0.25) is 11.7 Å². The molecule has 0 saturated carbocycles. The van der Waals surface area contributed by atoms with Gasteiger partial charge in [-0.2, -0.15) is 4.98 Å². The molecule has 7 heteroatoms. The molecule has 1 amide bonds. The van der Waals surface area contributed by atoms with Crippen molar-refractivity contribution in [2.45, 2.75) is 6.54 Å². The van der Waals surface area contributed by atoms with E-state index >= 15 is 0 Å². The van der Waals surface area contributed by atoms with Crippen LogP contribution in [0, 0.1) is 0 Å². The van der Waals surface area contributed by atoms with Crippen LogP contribution < -0.4 is 10.6 Å². The van der Waals surface area contributed by atoms with Crippen molar-refractivity contribution >= 4 is 41.1 Å². The summed E-state index contributed by atoms with van der Waals surface area (Å²) in [5.41, 5.74) is 6.92. The van der Waals surface area contributed by atoms with Crippen LogP contribution in [0.25, 0.3) is 0 Å². The number of benzene rings is 1. The molecule has 1 aromatic carbocycles. The highest BCUT2D eigenvalue weighted by Gasteiger charge is 2.17. The standard InChI is InChI=1S/C12H10Cl2N4O/c13-10-9(11(15)17-12(14)16-10)18(7-19)6-8-4-2-1-3-5-8/h1-5,7H,6H2,(H2,15,16,17). The summed E-state index contributed by atoms with van der Waals surface area (Å²) in [4.78, 5) is 20.1. The van der Waals surface area contributed by atoms with Gasteiger partial charge in [-0.15, -0.1) is 0 Å². The van der Waals surface area contributed by atoms with Gasteiger partial charge in [0.05, 0.1) is 6.54 Å². The average molecular weight is 297 g/mol. The number of nitrogens with zero attached hydrogens (tertiary/aromatic N) is 3. The van der Waals surface area contributed by atoms with Gasteiger partial charge in [0.15, 0.2) is 11.0 Å². The first kappa shape index (κ1) is 13.6. The number of rotatable bonds is 4. The summed E-state index contributed by atoms with van der Waals surface area (Å²) in [6.45, 7) is 0.319. The molecule has 0 aliphatic rings. The Morgan fingerprint density at radius 1 is 1.21 bits per heavy atom. The van der Waals surface area contributed by atoms with Crippen molar-refractivity contribution in [1.29, 1.82) is 0 Å². The molecule has 1 heterocycles. The Kier molecular flexibility index (Phi) is 4.19. The molecule has 2 rings (SSSR count). The second-order valence-electron chi connectivity index (χ2n) is 3.74. The second kappa shape index (κ2) is 5.86. The van der Waals surface area contributed by atoms with E-state index in [0.717, 1.165) is 5.56 Å². The van der Waals surface area contributed by atoms with E-state index in [4.69, 9.17) is 28.9 Å². The van der Waals surface area contributed by atoms with Crippen molar-refractivity contribution in [2.24, 2.45) is 0 Å². The molecule has 0 spiro atoms. The molecular formula is C12H10Cl2N4O. The first-order valence-corrected chi connectivity index (χ1v) is 6.11. The molecule has 2 aromatic rings. The maximum atomic E-state index is 11.2. The molecule has 0 atom stereocenters. The van der Waals surface area contributed by atoms with E-state index in [1.54, 1.807) is 0 Å². The molecule has 0 fully saturated rings. The monoisotopic (exact) mass is 296 g/mol. The molecule has 0 bridgehead atoms. The van der Waals surface area contributed by atoms with E-state index in [1.807, 2.05) is 30.3 Å². The Hall–Kier alpha value is -1.85. The number of hydrogen-bond acceptors (Lipinski definition) is 4. The number of halogens is 2. The topological polar surface area (TPSA) is 72.1 Å². The summed E-state index contributed by atoms with van der Waals surface area (Å²) >= 11 is 11.6. The quantitative estimate of drug-likeness (QED) is 0.535. The number of aromatic nitrogens is 2. The van der Waals surface area contributed by atoms with Gasteiger partial charge < -0.3 is 10.6 Å². The van der Waals surface area contributed by atoms with E-state index in [2.05, 4.69) is 9.97 Å². The third-order valence-corrected chi connectivity index (χ3v) is 2.88. The lowest BCUT2D eigenvalue weighted by atomic mass is 10.2. The Balaban J connectivity index is 2.35. The molecule has 98 valence electrons. The highest BCUT2D eigenvalue weighted by molar-refractivity contribution is 6.34. The van der Waals surface area contributed by atoms with Crippen molar-refractivity contribution in [3.63, 3.8) is 0 Å². The van der Waals surface area contributed by atoms with Gasteiger partial charge in [-0.1, -0.05) is 41.9 Å². The largest absolute Gasteiger partial charge is 0.382 e. The fourth-order valence-corrected chi connectivity index (χ4v) is 2.14. The van der Waals surface area contributed by atoms with Gasteiger partial charge in [0.1, 0.15) is 5.69 Å². The van der Waals surface area contributed by atoms with E-state index in [-0.39, 0.29) is 21.9 Å². The molecule has 0 saturated heterocycles. The second-order valence-corrected chi connectivity index (χ2v) is 4.43. The molecule has 0 radical (unpaired) electrons. The minimum atomic E-state index is -0.0585. The molecule has 0 aliphatic carbocycles. The molecule has 2 N–H and O–H groups in total. The SMILES string of the molecule is Nc1nc(Cl)nc(Cl)c1N(C=O)Cc1ccccc1. The maximum absolute atomic E-state index is 11.2. The Labute approximate surface area is 120 Å². The molecule has 19 heavy (non-hydrogen) atoms. The van der Waals surface area contributed by atoms with Crippen LogP contribution >= 0.6 is 23.2 Å².